The van der Waals surface area contributed by atoms with E-state index < -0.39 is 10.0 Å². The molecule has 0 aromatic heterocycles. The molecule has 1 aromatic rings. The summed E-state index contributed by atoms with van der Waals surface area (Å²) in [4.78, 5) is 0.260. The van der Waals surface area contributed by atoms with Crippen LogP contribution >= 0.6 is 31.9 Å². The second-order valence-electron chi connectivity index (χ2n) is 4.28. The van der Waals surface area contributed by atoms with Gasteiger partial charge in [0, 0.05) is 15.5 Å². The largest absolute Gasteiger partial charge is 0.241 e. The van der Waals surface area contributed by atoms with Crippen molar-refractivity contribution in [2.75, 3.05) is 6.54 Å². The number of nitrogens with one attached hydrogen (secondary N) is 1. The molecular formula is C11H15Br2NO2S. The van der Waals surface area contributed by atoms with E-state index in [9.17, 15) is 8.42 Å². The third-order valence-corrected chi connectivity index (χ3v) is 5.42. The van der Waals surface area contributed by atoms with Crippen molar-refractivity contribution in [3.8, 4) is 0 Å². The van der Waals surface area contributed by atoms with Crippen molar-refractivity contribution in [3.63, 3.8) is 0 Å². The molecule has 0 aliphatic carbocycles. The molecule has 0 atom stereocenters. The fourth-order valence-corrected chi connectivity index (χ4v) is 4.08. The first-order valence-electron chi connectivity index (χ1n) is 5.19. The first-order valence-corrected chi connectivity index (χ1v) is 8.26. The number of aryl methyl sites for hydroxylation is 1. The van der Waals surface area contributed by atoms with Crippen molar-refractivity contribution in [1.82, 2.24) is 4.72 Å². The Kier molecular flexibility index (Phi) is 5.19. The molecule has 0 amide bonds. The highest BCUT2D eigenvalue weighted by Gasteiger charge is 2.18. The van der Waals surface area contributed by atoms with Crippen LogP contribution in [0.15, 0.2) is 26.0 Å². The standard InChI is InChI=1S/C11H15Br2NO2S/c1-7(2)6-14-17(15,16)11-5-9(12)8(3)4-10(11)13/h4-5,7,14H,6H2,1-3H3. The van der Waals surface area contributed by atoms with Crippen LogP contribution in [-0.2, 0) is 10.0 Å². The molecule has 0 saturated heterocycles. The molecule has 3 nitrogen and oxygen atoms in total. The lowest BCUT2D eigenvalue weighted by atomic mass is 10.2. The van der Waals surface area contributed by atoms with E-state index in [0.717, 1.165) is 10.0 Å². The van der Waals surface area contributed by atoms with Gasteiger partial charge in [-0.15, -0.1) is 0 Å². The molecular weight excluding hydrogens is 370 g/mol. The molecule has 1 rings (SSSR count). The van der Waals surface area contributed by atoms with Crippen LogP contribution in [0.2, 0.25) is 0 Å². The molecule has 1 aromatic carbocycles. The van der Waals surface area contributed by atoms with Crippen LogP contribution < -0.4 is 4.72 Å². The van der Waals surface area contributed by atoms with E-state index in [1.165, 1.54) is 0 Å². The predicted octanol–water partition coefficient (Wildman–Crippen LogP) is 3.45. The quantitative estimate of drug-likeness (QED) is 0.863. The molecule has 0 radical (unpaired) electrons. The molecule has 0 bridgehead atoms. The number of benzene rings is 1. The molecule has 17 heavy (non-hydrogen) atoms. The number of hydrogen-bond donors (Lipinski definition) is 1. The summed E-state index contributed by atoms with van der Waals surface area (Å²) in [6.45, 7) is 6.26. The minimum atomic E-state index is -3.45. The maximum atomic E-state index is 12.1. The second kappa shape index (κ2) is 5.82. The van der Waals surface area contributed by atoms with Crippen LogP contribution in [0.25, 0.3) is 0 Å². The minimum Gasteiger partial charge on any atom is -0.211 e. The van der Waals surface area contributed by atoms with Gasteiger partial charge in [-0.3, -0.25) is 0 Å². The lowest BCUT2D eigenvalue weighted by Crippen LogP contribution is -2.27. The van der Waals surface area contributed by atoms with Crippen molar-refractivity contribution in [2.45, 2.75) is 25.7 Å². The Labute approximate surface area is 119 Å². The summed E-state index contributed by atoms with van der Waals surface area (Å²) in [5, 5.41) is 0. The molecule has 0 saturated carbocycles. The van der Waals surface area contributed by atoms with Gasteiger partial charge in [0.05, 0.1) is 4.90 Å². The fraction of sp³-hybridized carbons (Fsp3) is 0.455. The highest BCUT2D eigenvalue weighted by molar-refractivity contribution is 9.11. The topological polar surface area (TPSA) is 46.2 Å². The minimum absolute atomic E-state index is 0.260. The highest BCUT2D eigenvalue weighted by atomic mass is 79.9. The van der Waals surface area contributed by atoms with E-state index >= 15 is 0 Å². The first-order chi connectivity index (χ1) is 7.74. The van der Waals surface area contributed by atoms with Crippen LogP contribution in [-0.4, -0.2) is 15.0 Å². The molecule has 0 spiro atoms. The molecule has 0 fully saturated rings. The maximum Gasteiger partial charge on any atom is 0.241 e. The summed E-state index contributed by atoms with van der Waals surface area (Å²) < 4.78 is 28.1. The van der Waals surface area contributed by atoms with E-state index in [4.69, 9.17) is 0 Å². The normalized spacial score (nSPS) is 12.1. The van der Waals surface area contributed by atoms with Crippen LogP contribution in [0.5, 0.6) is 0 Å². The van der Waals surface area contributed by atoms with Gasteiger partial charge in [0.15, 0.2) is 0 Å². The maximum absolute atomic E-state index is 12.1. The van der Waals surface area contributed by atoms with Crippen molar-refractivity contribution in [2.24, 2.45) is 5.92 Å². The highest BCUT2D eigenvalue weighted by Crippen LogP contribution is 2.28. The van der Waals surface area contributed by atoms with E-state index in [-0.39, 0.29) is 10.8 Å². The second-order valence-corrected chi connectivity index (χ2v) is 7.72. The van der Waals surface area contributed by atoms with Gasteiger partial charge in [-0.05, 0) is 46.5 Å². The monoisotopic (exact) mass is 383 g/mol. The third kappa shape index (κ3) is 4.05. The Balaban J connectivity index is 3.11. The van der Waals surface area contributed by atoms with E-state index in [1.54, 1.807) is 12.1 Å². The molecule has 96 valence electrons. The molecule has 0 unspecified atom stereocenters. The summed E-state index contributed by atoms with van der Waals surface area (Å²) in [6.07, 6.45) is 0. The van der Waals surface area contributed by atoms with Gasteiger partial charge >= 0.3 is 0 Å². The van der Waals surface area contributed by atoms with Crippen LogP contribution in [0.1, 0.15) is 19.4 Å². The number of rotatable bonds is 4. The average molecular weight is 385 g/mol. The summed E-state index contributed by atoms with van der Waals surface area (Å²) in [6, 6.07) is 3.40. The van der Waals surface area contributed by atoms with Crippen molar-refractivity contribution < 1.29 is 8.42 Å². The first kappa shape index (κ1) is 15.1. The lowest BCUT2D eigenvalue weighted by Gasteiger charge is -2.11. The molecule has 0 heterocycles. The Morgan fingerprint density at radius 1 is 1.24 bits per heavy atom. The summed E-state index contributed by atoms with van der Waals surface area (Å²) in [5.41, 5.74) is 0.986. The van der Waals surface area contributed by atoms with Gasteiger partial charge < -0.3 is 0 Å². The molecule has 0 aliphatic rings. The summed E-state index contributed by atoms with van der Waals surface area (Å²) in [5.74, 6) is 0.275. The number of sulfonamides is 1. The zero-order chi connectivity index (χ0) is 13.2. The van der Waals surface area contributed by atoms with Gasteiger partial charge in [-0.1, -0.05) is 29.8 Å². The van der Waals surface area contributed by atoms with Crippen molar-refractivity contribution >= 4 is 41.9 Å². The zero-order valence-corrected chi connectivity index (χ0v) is 13.9. The Morgan fingerprint density at radius 3 is 2.35 bits per heavy atom. The summed E-state index contributed by atoms with van der Waals surface area (Å²) >= 11 is 6.62. The zero-order valence-electron chi connectivity index (χ0n) is 9.92. The number of halogens is 2. The predicted molar refractivity (Wildman–Crippen MR) is 76.6 cm³/mol. The van der Waals surface area contributed by atoms with Crippen LogP contribution in [0, 0.1) is 12.8 Å². The Bertz CT molecular complexity index is 512. The number of hydrogen-bond acceptors (Lipinski definition) is 2. The van der Waals surface area contributed by atoms with Gasteiger partial charge in [0.25, 0.3) is 0 Å². The van der Waals surface area contributed by atoms with Gasteiger partial charge in [-0.2, -0.15) is 0 Å². The smallest absolute Gasteiger partial charge is 0.211 e. The average Bonchev–Trinajstić information content (AvgIpc) is 2.20. The van der Waals surface area contributed by atoms with Crippen LogP contribution in [0.3, 0.4) is 0 Å². The summed E-state index contributed by atoms with van der Waals surface area (Å²) in [7, 11) is -3.45. The van der Waals surface area contributed by atoms with Crippen molar-refractivity contribution in [3.05, 3.63) is 26.6 Å². The third-order valence-electron chi connectivity index (χ3n) is 2.18. The Hall–Kier alpha value is 0.0900. The van der Waals surface area contributed by atoms with Gasteiger partial charge in [-0.25, -0.2) is 13.1 Å². The fourth-order valence-electron chi connectivity index (χ4n) is 1.19. The van der Waals surface area contributed by atoms with Crippen LogP contribution in [0.4, 0.5) is 0 Å². The van der Waals surface area contributed by atoms with Gasteiger partial charge in [0.1, 0.15) is 0 Å². The molecule has 0 aliphatic heterocycles. The lowest BCUT2D eigenvalue weighted by molar-refractivity contribution is 0.559. The van der Waals surface area contributed by atoms with Gasteiger partial charge in [0.2, 0.25) is 10.0 Å². The Morgan fingerprint density at radius 2 is 1.82 bits per heavy atom. The SMILES string of the molecule is Cc1cc(Br)c(S(=O)(=O)NCC(C)C)cc1Br. The van der Waals surface area contributed by atoms with E-state index in [0.29, 0.717) is 11.0 Å². The van der Waals surface area contributed by atoms with E-state index in [1.807, 2.05) is 20.8 Å². The molecule has 1 N–H and O–H groups in total. The molecule has 6 heteroatoms. The van der Waals surface area contributed by atoms with Crippen molar-refractivity contribution in [1.29, 1.82) is 0 Å². The van der Waals surface area contributed by atoms with E-state index in [2.05, 4.69) is 36.6 Å².